The van der Waals surface area contributed by atoms with Crippen LogP contribution in [0.15, 0.2) is 18.2 Å². The molecule has 0 saturated heterocycles. The Balaban J connectivity index is 2.19. The molecule has 3 nitrogen and oxygen atoms in total. The summed E-state index contributed by atoms with van der Waals surface area (Å²) in [4.78, 5) is 10.9. The molecule has 1 aromatic rings. The van der Waals surface area contributed by atoms with E-state index in [2.05, 4.69) is 22.8 Å². The maximum absolute atomic E-state index is 10.9. The third kappa shape index (κ3) is 2.29. The molecule has 0 radical (unpaired) electrons. The van der Waals surface area contributed by atoms with E-state index in [-0.39, 0.29) is 5.91 Å². The minimum absolute atomic E-state index is 0.0244. The average Bonchev–Trinajstić information content (AvgIpc) is 2.26. The predicted octanol–water partition coefficient (Wildman–Crippen LogP) is 1.68. The number of hydrogen-bond acceptors (Lipinski definition) is 2. The highest BCUT2D eigenvalue weighted by atomic mass is 16.1. The Kier molecular flexibility index (Phi) is 2.90. The second-order valence-electron chi connectivity index (χ2n) is 3.88. The molecule has 0 unspecified atom stereocenters. The lowest BCUT2D eigenvalue weighted by atomic mass is 9.97. The standard InChI is InChI=1S/C12H16N2O/c1-9(15)14-8-10-4-2-6-12-11(10)5-3-7-13-12/h2,4,6,13H,3,5,7-8H2,1H3,(H,14,15). The molecular weight excluding hydrogens is 188 g/mol. The van der Waals surface area contributed by atoms with Gasteiger partial charge in [-0.05, 0) is 30.0 Å². The summed E-state index contributed by atoms with van der Waals surface area (Å²) in [5, 5.41) is 6.22. The molecule has 0 atom stereocenters. The zero-order valence-electron chi connectivity index (χ0n) is 8.97. The lowest BCUT2D eigenvalue weighted by molar-refractivity contribution is -0.119. The number of hydrogen-bond donors (Lipinski definition) is 2. The first kappa shape index (κ1) is 10.0. The van der Waals surface area contributed by atoms with Crippen molar-refractivity contribution in [3.63, 3.8) is 0 Å². The second kappa shape index (κ2) is 4.34. The highest BCUT2D eigenvalue weighted by molar-refractivity contribution is 5.73. The summed E-state index contributed by atoms with van der Waals surface area (Å²) in [7, 11) is 0. The van der Waals surface area contributed by atoms with E-state index in [4.69, 9.17) is 0 Å². The number of amides is 1. The van der Waals surface area contributed by atoms with Crippen molar-refractivity contribution < 1.29 is 4.79 Å². The van der Waals surface area contributed by atoms with E-state index in [0.29, 0.717) is 6.54 Å². The summed E-state index contributed by atoms with van der Waals surface area (Å²) in [6, 6.07) is 6.22. The minimum atomic E-state index is 0.0244. The van der Waals surface area contributed by atoms with Crippen molar-refractivity contribution in [2.75, 3.05) is 11.9 Å². The van der Waals surface area contributed by atoms with Crippen molar-refractivity contribution in [2.45, 2.75) is 26.3 Å². The molecule has 0 spiro atoms. The molecule has 0 aliphatic carbocycles. The van der Waals surface area contributed by atoms with Crippen LogP contribution in [0.1, 0.15) is 24.5 Å². The first-order valence-electron chi connectivity index (χ1n) is 5.36. The zero-order valence-corrected chi connectivity index (χ0v) is 8.97. The van der Waals surface area contributed by atoms with Crippen LogP contribution >= 0.6 is 0 Å². The largest absolute Gasteiger partial charge is 0.385 e. The van der Waals surface area contributed by atoms with Crippen LogP contribution in [0.3, 0.4) is 0 Å². The van der Waals surface area contributed by atoms with Crippen molar-refractivity contribution in [1.29, 1.82) is 0 Å². The molecular formula is C12H16N2O. The minimum Gasteiger partial charge on any atom is -0.385 e. The van der Waals surface area contributed by atoms with Crippen LogP contribution in [-0.2, 0) is 17.8 Å². The van der Waals surface area contributed by atoms with Gasteiger partial charge in [0.15, 0.2) is 0 Å². The number of benzene rings is 1. The van der Waals surface area contributed by atoms with Crippen molar-refractivity contribution in [1.82, 2.24) is 5.32 Å². The van der Waals surface area contributed by atoms with E-state index in [1.165, 1.54) is 23.2 Å². The van der Waals surface area contributed by atoms with E-state index >= 15 is 0 Å². The van der Waals surface area contributed by atoms with Crippen molar-refractivity contribution in [2.24, 2.45) is 0 Å². The highest BCUT2D eigenvalue weighted by Gasteiger charge is 2.11. The van der Waals surface area contributed by atoms with Crippen molar-refractivity contribution in [3.8, 4) is 0 Å². The number of carbonyl (C=O) groups is 1. The van der Waals surface area contributed by atoms with Crippen LogP contribution in [0.2, 0.25) is 0 Å². The molecule has 0 fully saturated rings. The van der Waals surface area contributed by atoms with Gasteiger partial charge in [0.25, 0.3) is 0 Å². The molecule has 1 heterocycles. The van der Waals surface area contributed by atoms with E-state index in [1.807, 2.05) is 6.07 Å². The summed E-state index contributed by atoms with van der Waals surface area (Å²) in [6.45, 7) is 3.24. The second-order valence-corrected chi connectivity index (χ2v) is 3.88. The van der Waals surface area contributed by atoms with E-state index in [0.717, 1.165) is 13.0 Å². The van der Waals surface area contributed by atoms with Gasteiger partial charge in [0, 0.05) is 25.7 Å². The van der Waals surface area contributed by atoms with Gasteiger partial charge in [-0.3, -0.25) is 4.79 Å². The van der Waals surface area contributed by atoms with Gasteiger partial charge in [-0.1, -0.05) is 12.1 Å². The molecule has 15 heavy (non-hydrogen) atoms. The number of carbonyl (C=O) groups excluding carboxylic acids is 1. The maximum Gasteiger partial charge on any atom is 0.217 e. The lowest BCUT2D eigenvalue weighted by Crippen LogP contribution is -2.21. The molecule has 1 aromatic carbocycles. The summed E-state index contributed by atoms with van der Waals surface area (Å²) >= 11 is 0. The normalized spacial score (nSPS) is 13.9. The van der Waals surface area contributed by atoms with E-state index in [1.54, 1.807) is 6.92 Å². The fraction of sp³-hybridized carbons (Fsp3) is 0.417. The first-order valence-corrected chi connectivity index (χ1v) is 5.36. The topological polar surface area (TPSA) is 41.1 Å². The summed E-state index contributed by atoms with van der Waals surface area (Å²) < 4.78 is 0. The van der Waals surface area contributed by atoms with Gasteiger partial charge in [0.2, 0.25) is 5.91 Å². The number of anilines is 1. The first-order chi connectivity index (χ1) is 7.27. The Hall–Kier alpha value is -1.51. The van der Waals surface area contributed by atoms with Crippen molar-refractivity contribution in [3.05, 3.63) is 29.3 Å². The summed E-state index contributed by atoms with van der Waals surface area (Å²) in [6.07, 6.45) is 2.28. The molecule has 3 heteroatoms. The van der Waals surface area contributed by atoms with E-state index < -0.39 is 0 Å². The molecule has 1 aliphatic rings. The summed E-state index contributed by atoms with van der Waals surface area (Å²) in [5.74, 6) is 0.0244. The fourth-order valence-electron chi connectivity index (χ4n) is 1.97. The molecule has 1 amide bonds. The lowest BCUT2D eigenvalue weighted by Gasteiger charge is -2.21. The van der Waals surface area contributed by atoms with Crippen LogP contribution in [0.4, 0.5) is 5.69 Å². The van der Waals surface area contributed by atoms with Gasteiger partial charge >= 0.3 is 0 Å². The number of nitrogens with one attached hydrogen (secondary N) is 2. The van der Waals surface area contributed by atoms with E-state index in [9.17, 15) is 4.79 Å². The molecule has 0 aromatic heterocycles. The smallest absolute Gasteiger partial charge is 0.217 e. The molecule has 0 saturated carbocycles. The van der Waals surface area contributed by atoms with Crippen LogP contribution in [0.25, 0.3) is 0 Å². The summed E-state index contributed by atoms with van der Waals surface area (Å²) in [5.41, 5.74) is 3.82. The van der Waals surface area contributed by atoms with Crippen LogP contribution < -0.4 is 10.6 Å². The van der Waals surface area contributed by atoms with Crippen LogP contribution in [0, 0.1) is 0 Å². The Morgan fingerprint density at radius 1 is 1.53 bits per heavy atom. The Labute approximate surface area is 89.9 Å². The van der Waals surface area contributed by atoms with Gasteiger partial charge in [-0.15, -0.1) is 0 Å². The van der Waals surface area contributed by atoms with Gasteiger partial charge in [-0.25, -0.2) is 0 Å². The number of fused-ring (bicyclic) bond motifs is 1. The average molecular weight is 204 g/mol. The van der Waals surface area contributed by atoms with Gasteiger partial charge < -0.3 is 10.6 Å². The Morgan fingerprint density at radius 2 is 2.40 bits per heavy atom. The molecule has 80 valence electrons. The van der Waals surface area contributed by atoms with Crippen LogP contribution in [-0.4, -0.2) is 12.5 Å². The third-order valence-electron chi connectivity index (χ3n) is 2.72. The monoisotopic (exact) mass is 204 g/mol. The molecule has 1 aliphatic heterocycles. The van der Waals surface area contributed by atoms with Gasteiger partial charge in [0.05, 0.1) is 0 Å². The number of rotatable bonds is 2. The Bertz CT molecular complexity index is 374. The SMILES string of the molecule is CC(=O)NCc1cccc2c1CCCN2. The Morgan fingerprint density at radius 3 is 3.20 bits per heavy atom. The molecule has 2 rings (SSSR count). The molecule has 2 N–H and O–H groups in total. The highest BCUT2D eigenvalue weighted by Crippen LogP contribution is 2.24. The quantitative estimate of drug-likeness (QED) is 0.769. The maximum atomic E-state index is 10.9. The van der Waals surface area contributed by atoms with Crippen molar-refractivity contribution >= 4 is 11.6 Å². The van der Waals surface area contributed by atoms with Gasteiger partial charge in [0.1, 0.15) is 0 Å². The third-order valence-corrected chi connectivity index (χ3v) is 2.72. The predicted molar refractivity (Wildman–Crippen MR) is 60.8 cm³/mol. The fourth-order valence-corrected chi connectivity index (χ4v) is 1.97. The van der Waals surface area contributed by atoms with Gasteiger partial charge in [-0.2, -0.15) is 0 Å². The van der Waals surface area contributed by atoms with Crippen LogP contribution in [0.5, 0.6) is 0 Å². The zero-order chi connectivity index (χ0) is 10.7. The molecule has 0 bridgehead atoms.